The summed E-state index contributed by atoms with van der Waals surface area (Å²) in [5.74, 6) is -0.434. The molecule has 0 aliphatic carbocycles. The lowest BCUT2D eigenvalue weighted by molar-refractivity contribution is -0.123. The molecule has 0 aliphatic heterocycles. The Morgan fingerprint density at radius 1 is 0.971 bits per heavy atom. The minimum atomic E-state index is -0.887. The second kappa shape index (κ2) is 10.6. The van der Waals surface area contributed by atoms with E-state index in [0.29, 0.717) is 34.6 Å². The predicted octanol–water partition coefficient (Wildman–Crippen LogP) is 2.66. The lowest BCUT2D eigenvalue weighted by Gasteiger charge is -2.10. The first kappa shape index (κ1) is 23.7. The molecule has 0 fully saturated rings. The highest BCUT2D eigenvalue weighted by Gasteiger charge is 2.16. The highest BCUT2D eigenvalue weighted by atomic mass is 19.1. The van der Waals surface area contributed by atoms with Gasteiger partial charge < -0.3 is 24.3 Å². The summed E-state index contributed by atoms with van der Waals surface area (Å²) in [6.07, 6.45) is 0. The minimum absolute atomic E-state index is 0.106. The Labute approximate surface area is 198 Å². The van der Waals surface area contributed by atoms with Crippen molar-refractivity contribution in [2.24, 2.45) is 0 Å². The van der Waals surface area contributed by atoms with Crippen LogP contribution in [0.5, 0.6) is 23.1 Å². The molecule has 2 aromatic heterocycles. The number of carbonyl (C=O) groups is 1. The second-order valence-electron chi connectivity index (χ2n) is 7.09. The van der Waals surface area contributed by atoms with Gasteiger partial charge in [-0.2, -0.15) is 4.52 Å². The molecule has 0 bridgehead atoms. The van der Waals surface area contributed by atoms with Gasteiger partial charge in [-0.25, -0.2) is 8.78 Å². The number of rotatable bonds is 10. The van der Waals surface area contributed by atoms with Gasteiger partial charge in [-0.3, -0.25) is 4.79 Å². The number of hydrogen-bond donors (Lipinski definition) is 1. The van der Waals surface area contributed by atoms with E-state index in [-0.39, 0.29) is 24.8 Å². The zero-order chi connectivity index (χ0) is 24.8. The minimum Gasteiger partial charge on any atom is -0.497 e. The van der Waals surface area contributed by atoms with Crippen molar-refractivity contribution >= 4 is 11.6 Å². The van der Waals surface area contributed by atoms with Gasteiger partial charge >= 0.3 is 0 Å². The van der Waals surface area contributed by atoms with Crippen LogP contribution >= 0.6 is 0 Å². The number of aromatic nitrogens is 4. The molecule has 2 heterocycles. The third-order valence-corrected chi connectivity index (χ3v) is 4.81. The van der Waals surface area contributed by atoms with Crippen LogP contribution in [-0.4, -0.2) is 59.7 Å². The average Bonchev–Trinajstić information content (AvgIpc) is 3.29. The van der Waals surface area contributed by atoms with Crippen molar-refractivity contribution in [1.29, 1.82) is 0 Å². The maximum atomic E-state index is 13.6. The molecule has 0 unspecified atom stereocenters. The Kier molecular flexibility index (Phi) is 7.19. The summed E-state index contributed by atoms with van der Waals surface area (Å²) in [6, 6.07) is 11.4. The Bertz CT molecular complexity index is 1350. The van der Waals surface area contributed by atoms with E-state index in [1.54, 1.807) is 44.6 Å². The standard InChI is InChI=1S/C23H21F2N5O5/c1-32-15-4-6-18(33-2)16(12-15)23-28-27-20-7-8-22(29-30(20)23)34-10-9-26-21(31)13-35-19-5-3-14(24)11-17(19)25/h3-8,11-12H,9-10,13H2,1-2H3,(H,26,31). The zero-order valence-corrected chi connectivity index (χ0v) is 18.8. The summed E-state index contributed by atoms with van der Waals surface area (Å²) < 4.78 is 49.4. The highest BCUT2D eigenvalue weighted by molar-refractivity contribution is 5.77. The Morgan fingerprint density at radius 2 is 1.80 bits per heavy atom. The highest BCUT2D eigenvalue weighted by Crippen LogP contribution is 2.32. The van der Waals surface area contributed by atoms with E-state index in [9.17, 15) is 13.6 Å². The van der Waals surface area contributed by atoms with Crippen LogP contribution in [0.4, 0.5) is 8.78 Å². The number of nitrogens with one attached hydrogen (secondary N) is 1. The largest absolute Gasteiger partial charge is 0.497 e. The number of carbonyl (C=O) groups excluding carboxylic acids is 1. The van der Waals surface area contributed by atoms with Crippen molar-refractivity contribution in [3.63, 3.8) is 0 Å². The van der Waals surface area contributed by atoms with Crippen molar-refractivity contribution < 1.29 is 32.5 Å². The molecule has 0 spiro atoms. The molecular formula is C23H21F2N5O5. The third-order valence-electron chi connectivity index (χ3n) is 4.81. The molecule has 12 heteroatoms. The van der Waals surface area contributed by atoms with E-state index >= 15 is 0 Å². The predicted molar refractivity (Wildman–Crippen MR) is 120 cm³/mol. The van der Waals surface area contributed by atoms with Gasteiger partial charge in [-0.15, -0.1) is 15.3 Å². The van der Waals surface area contributed by atoms with Crippen molar-refractivity contribution in [2.45, 2.75) is 0 Å². The number of ether oxygens (including phenoxy) is 4. The van der Waals surface area contributed by atoms with Gasteiger partial charge in [0, 0.05) is 12.1 Å². The van der Waals surface area contributed by atoms with E-state index < -0.39 is 24.1 Å². The van der Waals surface area contributed by atoms with Gasteiger partial charge in [0.25, 0.3) is 5.91 Å². The first-order valence-corrected chi connectivity index (χ1v) is 10.4. The van der Waals surface area contributed by atoms with Crippen molar-refractivity contribution in [2.75, 3.05) is 34.0 Å². The molecule has 0 atom stereocenters. The quantitative estimate of drug-likeness (QED) is 0.342. The molecule has 182 valence electrons. The van der Waals surface area contributed by atoms with E-state index in [0.717, 1.165) is 12.1 Å². The normalized spacial score (nSPS) is 10.7. The monoisotopic (exact) mass is 485 g/mol. The number of halogens is 2. The molecule has 0 aliphatic rings. The van der Waals surface area contributed by atoms with Crippen LogP contribution in [0.3, 0.4) is 0 Å². The first-order chi connectivity index (χ1) is 17.0. The van der Waals surface area contributed by atoms with E-state index in [4.69, 9.17) is 18.9 Å². The van der Waals surface area contributed by atoms with Crippen molar-refractivity contribution in [3.05, 3.63) is 60.2 Å². The van der Waals surface area contributed by atoms with E-state index in [1.165, 1.54) is 4.52 Å². The fraction of sp³-hybridized carbons (Fsp3) is 0.217. The molecule has 4 aromatic rings. The van der Waals surface area contributed by atoms with Gasteiger partial charge in [-0.05, 0) is 36.4 Å². The van der Waals surface area contributed by atoms with Gasteiger partial charge in [-0.1, -0.05) is 0 Å². The second-order valence-corrected chi connectivity index (χ2v) is 7.09. The molecule has 0 saturated heterocycles. The lowest BCUT2D eigenvalue weighted by atomic mass is 10.2. The van der Waals surface area contributed by atoms with Gasteiger partial charge in [0.05, 0.1) is 26.3 Å². The van der Waals surface area contributed by atoms with Gasteiger partial charge in [0.1, 0.15) is 23.9 Å². The molecule has 35 heavy (non-hydrogen) atoms. The summed E-state index contributed by atoms with van der Waals surface area (Å²) in [4.78, 5) is 11.9. The topological polar surface area (TPSA) is 109 Å². The lowest BCUT2D eigenvalue weighted by Crippen LogP contribution is -2.32. The fourth-order valence-corrected chi connectivity index (χ4v) is 3.14. The third kappa shape index (κ3) is 5.54. The summed E-state index contributed by atoms with van der Waals surface area (Å²) in [5, 5.41) is 15.3. The summed E-state index contributed by atoms with van der Waals surface area (Å²) in [5.41, 5.74) is 1.13. The number of nitrogens with zero attached hydrogens (tertiary/aromatic N) is 4. The van der Waals surface area contributed by atoms with Crippen LogP contribution in [0.2, 0.25) is 0 Å². The number of methoxy groups -OCH3 is 2. The van der Waals surface area contributed by atoms with Crippen LogP contribution in [0.1, 0.15) is 0 Å². The Hall–Kier alpha value is -4.48. The fourth-order valence-electron chi connectivity index (χ4n) is 3.14. The molecule has 2 aromatic carbocycles. The molecule has 0 saturated carbocycles. The van der Waals surface area contributed by atoms with E-state index in [1.807, 2.05) is 0 Å². The Balaban J connectivity index is 1.35. The molecular weight excluding hydrogens is 464 g/mol. The maximum absolute atomic E-state index is 13.6. The number of fused-ring (bicyclic) bond motifs is 1. The first-order valence-electron chi connectivity index (χ1n) is 10.4. The van der Waals surface area contributed by atoms with E-state index in [2.05, 4.69) is 20.6 Å². The smallest absolute Gasteiger partial charge is 0.258 e. The zero-order valence-electron chi connectivity index (χ0n) is 18.8. The molecule has 4 rings (SSSR count). The number of hydrogen-bond acceptors (Lipinski definition) is 8. The molecule has 1 amide bonds. The summed E-state index contributed by atoms with van der Waals surface area (Å²) >= 11 is 0. The van der Waals surface area contributed by atoms with Crippen LogP contribution in [-0.2, 0) is 4.79 Å². The van der Waals surface area contributed by atoms with Crippen LogP contribution < -0.4 is 24.3 Å². The average molecular weight is 485 g/mol. The van der Waals surface area contributed by atoms with Crippen LogP contribution in [0, 0.1) is 11.6 Å². The van der Waals surface area contributed by atoms with Gasteiger partial charge in [0.15, 0.2) is 29.6 Å². The number of benzene rings is 2. The van der Waals surface area contributed by atoms with Crippen molar-refractivity contribution in [1.82, 2.24) is 25.1 Å². The van der Waals surface area contributed by atoms with Crippen LogP contribution in [0.15, 0.2) is 48.5 Å². The SMILES string of the molecule is COc1ccc(OC)c(-c2nnc3ccc(OCCNC(=O)COc4ccc(F)cc4F)nn23)c1. The van der Waals surface area contributed by atoms with Gasteiger partial charge in [0.2, 0.25) is 5.88 Å². The summed E-state index contributed by atoms with van der Waals surface area (Å²) in [6.45, 7) is -0.180. The van der Waals surface area contributed by atoms with Crippen LogP contribution in [0.25, 0.3) is 17.0 Å². The molecule has 0 radical (unpaired) electrons. The molecule has 1 N–H and O–H groups in total. The van der Waals surface area contributed by atoms with Crippen molar-refractivity contribution in [3.8, 4) is 34.5 Å². The maximum Gasteiger partial charge on any atom is 0.258 e. The summed E-state index contributed by atoms with van der Waals surface area (Å²) in [7, 11) is 3.11. The molecule has 10 nitrogen and oxygen atoms in total. The Morgan fingerprint density at radius 3 is 2.57 bits per heavy atom. The number of amides is 1.